The molecule has 0 aliphatic rings. The molecule has 0 spiro atoms. The molecule has 2 atom stereocenters. The molecule has 1 rings (SSSR count). The number of hydrogen-bond acceptors (Lipinski definition) is 3. The summed E-state index contributed by atoms with van der Waals surface area (Å²) in [6, 6.07) is 9.32. The van der Waals surface area contributed by atoms with Crippen LogP contribution in [0.1, 0.15) is 51.6 Å². The Hall–Kier alpha value is -0.510. The highest BCUT2D eigenvalue weighted by Crippen LogP contribution is 2.27. The van der Waals surface area contributed by atoms with Gasteiger partial charge in [-0.15, -0.1) is 11.8 Å². The number of rotatable bonds is 9. The molecule has 1 aromatic carbocycles. The largest absolute Gasteiger partial charge is 0.396 e. The zero-order valence-corrected chi connectivity index (χ0v) is 13.2. The lowest BCUT2D eigenvalue weighted by Gasteiger charge is -2.17. The molecule has 2 unspecified atom stereocenters. The van der Waals surface area contributed by atoms with E-state index in [-0.39, 0.29) is 6.61 Å². The summed E-state index contributed by atoms with van der Waals surface area (Å²) in [5.74, 6) is 0. The molecular weight excluding hydrogens is 254 g/mol. The standard InChI is InChI=1S/C16H27NOS/c1-4-11-17-16(5-2)14-6-8-15(9-7-14)19-13(3)10-12-18/h6-9,13,16-18H,4-5,10-12H2,1-3H3. The van der Waals surface area contributed by atoms with Crippen LogP contribution in [-0.4, -0.2) is 23.5 Å². The normalized spacial score (nSPS) is 14.3. The van der Waals surface area contributed by atoms with Crippen molar-refractivity contribution in [2.45, 2.75) is 56.2 Å². The summed E-state index contributed by atoms with van der Waals surface area (Å²) in [6.07, 6.45) is 3.14. The summed E-state index contributed by atoms with van der Waals surface area (Å²) in [7, 11) is 0. The van der Waals surface area contributed by atoms with Crippen LogP contribution >= 0.6 is 11.8 Å². The lowest BCUT2D eigenvalue weighted by atomic mass is 10.0. The van der Waals surface area contributed by atoms with Crippen LogP contribution in [0.15, 0.2) is 29.2 Å². The fraction of sp³-hybridized carbons (Fsp3) is 0.625. The molecule has 19 heavy (non-hydrogen) atoms. The minimum atomic E-state index is 0.269. The minimum absolute atomic E-state index is 0.269. The first-order valence-electron chi connectivity index (χ1n) is 7.32. The first kappa shape index (κ1) is 16.5. The molecule has 0 aliphatic carbocycles. The van der Waals surface area contributed by atoms with Gasteiger partial charge in [0.1, 0.15) is 0 Å². The van der Waals surface area contributed by atoms with Crippen LogP contribution in [0.2, 0.25) is 0 Å². The van der Waals surface area contributed by atoms with E-state index >= 15 is 0 Å². The van der Waals surface area contributed by atoms with Gasteiger partial charge in [-0.1, -0.05) is 32.9 Å². The van der Waals surface area contributed by atoms with Crippen molar-refractivity contribution < 1.29 is 5.11 Å². The Morgan fingerprint density at radius 1 is 1.21 bits per heavy atom. The lowest BCUT2D eigenvalue weighted by molar-refractivity contribution is 0.289. The van der Waals surface area contributed by atoms with Crippen molar-refractivity contribution in [1.82, 2.24) is 5.32 Å². The summed E-state index contributed by atoms with van der Waals surface area (Å²) in [6.45, 7) is 7.92. The highest BCUT2D eigenvalue weighted by atomic mass is 32.2. The van der Waals surface area contributed by atoms with E-state index < -0.39 is 0 Å². The Morgan fingerprint density at radius 3 is 2.42 bits per heavy atom. The maximum Gasteiger partial charge on any atom is 0.0441 e. The molecule has 0 aliphatic heterocycles. The molecule has 0 radical (unpaired) electrons. The smallest absolute Gasteiger partial charge is 0.0441 e. The number of thioether (sulfide) groups is 1. The van der Waals surface area contributed by atoms with Gasteiger partial charge in [-0.05, 0) is 43.5 Å². The highest BCUT2D eigenvalue weighted by Gasteiger charge is 2.09. The maximum absolute atomic E-state index is 8.92. The van der Waals surface area contributed by atoms with Gasteiger partial charge in [0.2, 0.25) is 0 Å². The van der Waals surface area contributed by atoms with E-state index in [2.05, 4.69) is 50.4 Å². The van der Waals surface area contributed by atoms with Crippen LogP contribution in [-0.2, 0) is 0 Å². The molecule has 3 heteroatoms. The molecule has 0 heterocycles. The van der Waals surface area contributed by atoms with Gasteiger partial charge in [0.15, 0.2) is 0 Å². The molecule has 0 fully saturated rings. The Balaban J connectivity index is 2.58. The summed E-state index contributed by atoms with van der Waals surface area (Å²) < 4.78 is 0. The Morgan fingerprint density at radius 2 is 1.89 bits per heavy atom. The molecule has 0 bridgehead atoms. The van der Waals surface area contributed by atoms with Crippen LogP contribution in [0.3, 0.4) is 0 Å². The maximum atomic E-state index is 8.92. The second-order valence-electron chi connectivity index (χ2n) is 4.92. The van der Waals surface area contributed by atoms with E-state index in [0.29, 0.717) is 11.3 Å². The number of benzene rings is 1. The molecule has 0 amide bonds. The summed E-state index contributed by atoms with van der Waals surface area (Å²) in [4.78, 5) is 1.29. The minimum Gasteiger partial charge on any atom is -0.396 e. The average Bonchev–Trinajstić information content (AvgIpc) is 2.41. The zero-order chi connectivity index (χ0) is 14.1. The van der Waals surface area contributed by atoms with Gasteiger partial charge in [0.25, 0.3) is 0 Å². The number of aliphatic hydroxyl groups excluding tert-OH is 1. The molecule has 2 nitrogen and oxygen atoms in total. The Kier molecular flexibility index (Phi) is 8.19. The summed E-state index contributed by atoms with van der Waals surface area (Å²) in [5, 5.41) is 13.0. The van der Waals surface area contributed by atoms with E-state index in [9.17, 15) is 0 Å². The predicted octanol–water partition coefficient (Wildman–Crippen LogP) is 4.00. The van der Waals surface area contributed by atoms with Crippen LogP contribution in [0.4, 0.5) is 0 Å². The number of nitrogens with one attached hydrogen (secondary N) is 1. The van der Waals surface area contributed by atoms with Gasteiger partial charge >= 0.3 is 0 Å². The molecule has 108 valence electrons. The van der Waals surface area contributed by atoms with Crippen LogP contribution in [0, 0.1) is 0 Å². The molecule has 2 N–H and O–H groups in total. The SMILES string of the molecule is CCCNC(CC)c1ccc(SC(C)CCO)cc1. The summed E-state index contributed by atoms with van der Waals surface area (Å²) in [5.41, 5.74) is 1.37. The van der Waals surface area contributed by atoms with Gasteiger partial charge in [0, 0.05) is 22.8 Å². The zero-order valence-electron chi connectivity index (χ0n) is 12.4. The Bertz CT molecular complexity index is 339. The molecular formula is C16H27NOS. The van der Waals surface area contributed by atoms with E-state index in [1.807, 2.05) is 11.8 Å². The Labute approximate surface area is 122 Å². The molecule has 1 aromatic rings. The topological polar surface area (TPSA) is 32.3 Å². The van der Waals surface area contributed by atoms with Crippen LogP contribution in [0.25, 0.3) is 0 Å². The lowest BCUT2D eigenvalue weighted by Crippen LogP contribution is -2.21. The van der Waals surface area contributed by atoms with E-state index in [1.165, 1.54) is 16.9 Å². The first-order chi connectivity index (χ1) is 9.21. The number of hydrogen-bond donors (Lipinski definition) is 2. The van der Waals surface area contributed by atoms with Crippen molar-refractivity contribution in [3.8, 4) is 0 Å². The van der Waals surface area contributed by atoms with Crippen molar-refractivity contribution in [3.05, 3.63) is 29.8 Å². The predicted molar refractivity (Wildman–Crippen MR) is 84.8 cm³/mol. The quantitative estimate of drug-likeness (QED) is 0.671. The second-order valence-corrected chi connectivity index (χ2v) is 6.44. The fourth-order valence-corrected chi connectivity index (χ4v) is 3.05. The summed E-state index contributed by atoms with van der Waals surface area (Å²) >= 11 is 1.83. The third-order valence-electron chi connectivity index (χ3n) is 3.20. The first-order valence-corrected chi connectivity index (χ1v) is 8.20. The number of aliphatic hydroxyl groups is 1. The van der Waals surface area contributed by atoms with Gasteiger partial charge < -0.3 is 10.4 Å². The van der Waals surface area contributed by atoms with Crippen molar-refractivity contribution in [1.29, 1.82) is 0 Å². The highest BCUT2D eigenvalue weighted by molar-refractivity contribution is 7.99. The second kappa shape index (κ2) is 9.40. The van der Waals surface area contributed by atoms with E-state index in [0.717, 1.165) is 19.4 Å². The fourth-order valence-electron chi connectivity index (χ4n) is 2.07. The van der Waals surface area contributed by atoms with Gasteiger partial charge in [-0.2, -0.15) is 0 Å². The third kappa shape index (κ3) is 5.98. The third-order valence-corrected chi connectivity index (χ3v) is 4.39. The van der Waals surface area contributed by atoms with Gasteiger partial charge in [0.05, 0.1) is 0 Å². The molecule has 0 saturated carbocycles. The van der Waals surface area contributed by atoms with Crippen molar-refractivity contribution in [3.63, 3.8) is 0 Å². The average molecular weight is 281 g/mol. The monoisotopic (exact) mass is 281 g/mol. The molecule has 0 saturated heterocycles. The van der Waals surface area contributed by atoms with Crippen molar-refractivity contribution in [2.75, 3.05) is 13.2 Å². The van der Waals surface area contributed by atoms with Crippen LogP contribution < -0.4 is 5.32 Å². The van der Waals surface area contributed by atoms with Crippen LogP contribution in [0.5, 0.6) is 0 Å². The van der Waals surface area contributed by atoms with Gasteiger partial charge in [-0.25, -0.2) is 0 Å². The van der Waals surface area contributed by atoms with Gasteiger partial charge in [-0.3, -0.25) is 0 Å². The van der Waals surface area contributed by atoms with E-state index in [1.54, 1.807) is 0 Å². The van der Waals surface area contributed by atoms with Crippen molar-refractivity contribution >= 4 is 11.8 Å². The molecule has 0 aromatic heterocycles. The van der Waals surface area contributed by atoms with Crippen molar-refractivity contribution in [2.24, 2.45) is 0 Å². The van der Waals surface area contributed by atoms with E-state index in [4.69, 9.17) is 5.11 Å².